The predicted octanol–water partition coefficient (Wildman–Crippen LogP) is 4.35. The molecule has 2 fully saturated rings. The second-order valence-corrected chi connectivity index (χ2v) is 11.2. The Bertz CT molecular complexity index is 1220. The number of fused-ring (bicyclic) bond motifs is 1. The number of methoxy groups -OCH3 is 1. The van der Waals surface area contributed by atoms with E-state index in [1.54, 1.807) is 26.1 Å². The zero-order valence-electron chi connectivity index (χ0n) is 22.2. The summed E-state index contributed by atoms with van der Waals surface area (Å²) >= 11 is 1.51. The topological polar surface area (TPSA) is 86.7 Å². The molecule has 5 rings (SSSR count). The number of anilines is 3. The molecule has 1 atom stereocenters. The molecular formula is C27H37N7O2S. The van der Waals surface area contributed by atoms with Crippen molar-refractivity contribution in [3.8, 4) is 0 Å². The van der Waals surface area contributed by atoms with E-state index in [9.17, 15) is 4.79 Å². The molecule has 0 aromatic carbocycles. The zero-order valence-corrected chi connectivity index (χ0v) is 23.1. The summed E-state index contributed by atoms with van der Waals surface area (Å²) in [6.07, 6.45) is 8.35. The molecule has 9 nitrogen and oxygen atoms in total. The van der Waals surface area contributed by atoms with E-state index in [2.05, 4.69) is 38.1 Å². The number of hydrogen-bond donors (Lipinski definition) is 1. The van der Waals surface area contributed by atoms with Gasteiger partial charge >= 0.3 is 0 Å². The summed E-state index contributed by atoms with van der Waals surface area (Å²) < 4.78 is 6.41. The van der Waals surface area contributed by atoms with Gasteiger partial charge in [0.25, 0.3) is 5.91 Å². The smallest absolute Gasteiger partial charge is 0.263 e. The maximum absolute atomic E-state index is 13.0. The van der Waals surface area contributed by atoms with E-state index < -0.39 is 0 Å². The number of carbonyl (C=O) groups is 1. The van der Waals surface area contributed by atoms with Gasteiger partial charge in [-0.25, -0.2) is 15.0 Å². The van der Waals surface area contributed by atoms with Crippen LogP contribution in [0.2, 0.25) is 0 Å². The van der Waals surface area contributed by atoms with Gasteiger partial charge in [0.2, 0.25) is 5.95 Å². The average Bonchev–Trinajstić information content (AvgIpc) is 3.56. The Morgan fingerprint density at radius 1 is 1.19 bits per heavy atom. The summed E-state index contributed by atoms with van der Waals surface area (Å²) in [6.45, 7) is 6.87. The average molecular weight is 524 g/mol. The van der Waals surface area contributed by atoms with E-state index in [-0.39, 0.29) is 5.91 Å². The van der Waals surface area contributed by atoms with Crippen LogP contribution in [0.4, 0.5) is 17.5 Å². The molecule has 4 heterocycles. The second kappa shape index (κ2) is 11.3. The fourth-order valence-electron chi connectivity index (χ4n) is 5.58. The molecule has 2 aliphatic rings. The lowest BCUT2D eigenvalue weighted by atomic mass is 9.96. The Morgan fingerprint density at radius 2 is 2.00 bits per heavy atom. The summed E-state index contributed by atoms with van der Waals surface area (Å²) in [7, 11) is 5.38. The normalized spacial score (nSPS) is 19.0. The monoisotopic (exact) mass is 523 g/mol. The zero-order chi connectivity index (χ0) is 25.9. The Hall–Kier alpha value is -2.82. The summed E-state index contributed by atoms with van der Waals surface area (Å²) in [5, 5.41) is 3.28. The number of rotatable bonds is 8. The highest BCUT2D eigenvalue weighted by Gasteiger charge is 2.29. The van der Waals surface area contributed by atoms with Gasteiger partial charge in [0.15, 0.2) is 0 Å². The lowest BCUT2D eigenvalue weighted by Crippen LogP contribution is -2.54. The first kappa shape index (κ1) is 25.8. The molecule has 0 unspecified atom stereocenters. The molecule has 0 spiro atoms. The van der Waals surface area contributed by atoms with Gasteiger partial charge < -0.3 is 19.9 Å². The summed E-state index contributed by atoms with van der Waals surface area (Å²) in [6, 6.07) is 4.46. The second-order valence-electron chi connectivity index (χ2n) is 10.1. The van der Waals surface area contributed by atoms with Crippen molar-refractivity contribution >= 4 is 44.9 Å². The standard InChI is InChI=1S/C27H37N7O2S/c1-5-33-12-13-34(16-20(33)17-36-4)19-10-11-22(28-14-19)30-27-29-15-21-24(31-27)23(18-8-6-7-9-18)25(37-21)26(35)32(2)3/h10-11,14-15,18,20H,5-9,12-13,16-17H2,1-4H3,(H,28,29,30,31)/t20-/m1/s1. The Morgan fingerprint density at radius 3 is 2.68 bits per heavy atom. The van der Waals surface area contributed by atoms with E-state index in [0.717, 1.165) is 72.0 Å². The number of piperazine rings is 1. The molecule has 1 saturated carbocycles. The summed E-state index contributed by atoms with van der Waals surface area (Å²) in [4.78, 5) is 34.4. The number of pyridine rings is 1. The molecule has 1 saturated heterocycles. The molecule has 1 aliphatic heterocycles. The highest BCUT2D eigenvalue weighted by molar-refractivity contribution is 7.21. The quantitative estimate of drug-likeness (QED) is 0.467. The molecule has 198 valence electrons. The van der Waals surface area contributed by atoms with Gasteiger partial charge in [-0.05, 0) is 37.4 Å². The first-order chi connectivity index (χ1) is 18.0. The molecule has 3 aromatic heterocycles. The van der Waals surface area contributed by atoms with Crippen molar-refractivity contribution in [3.05, 3.63) is 35.0 Å². The Labute approximate surface area is 222 Å². The first-order valence-electron chi connectivity index (χ1n) is 13.2. The van der Waals surface area contributed by atoms with E-state index >= 15 is 0 Å². The van der Waals surface area contributed by atoms with Gasteiger partial charge in [-0.2, -0.15) is 0 Å². The van der Waals surface area contributed by atoms with E-state index in [0.29, 0.717) is 23.7 Å². The minimum atomic E-state index is 0.0455. The van der Waals surface area contributed by atoms with Crippen LogP contribution in [0.25, 0.3) is 10.2 Å². The maximum atomic E-state index is 13.0. The van der Waals surface area contributed by atoms with Gasteiger partial charge in [0, 0.05) is 46.4 Å². The van der Waals surface area contributed by atoms with Crippen molar-refractivity contribution in [2.75, 3.05) is 64.2 Å². The fourth-order valence-corrected chi connectivity index (χ4v) is 6.80. The van der Waals surface area contributed by atoms with Crippen LogP contribution in [0.15, 0.2) is 24.5 Å². The third-order valence-corrected chi connectivity index (χ3v) is 8.67. The molecule has 10 heteroatoms. The maximum Gasteiger partial charge on any atom is 0.263 e. The molecule has 0 radical (unpaired) electrons. The van der Waals surface area contributed by atoms with E-state index in [1.807, 2.05) is 18.5 Å². The van der Waals surface area contributed by atoms with Crippen LogP contribution in [-0.4, -0.2) is 90.7 Å². The first-order valence-corrected chi connectivity index (χ1v) is 14.0. The third kappa shape index (κ3) is 5.42. The minimum Gasteiger partial charge on any atom is -0.383 e. The van der Waals surface area contributed by atoms with Crippen LogP contribution in [0.3, 0.4) is 0 Å². The van der Waals surface area contributed by atoms with Crippen LogP contribution >= 0.6 is 11.3 Å². The molecule has 3 aromatic rings. The number of nitrogens with zero attached hydrogens (tertiary/aromatic N) is 6. The van der Waals surface area contributed by atoms with Gasteiger partial charge in [0.1, 0.15) is 5.82 Å². The van der Waals surface area contributed by atoms with Gasteiger partial charge in [-0.3, -0.25) is 9.69 Å². The number of aromatic nitrogens is 3. The number of ether oxygens (including phenoxy) is 1. The lowest BCUT2D eigenvalue weighted by molar-refractivity contribution is 0.0831. The molecular weight excluding hydrogens is 486 g/mol. The Balaban J connectivity index is 1.36. The number of hydrogen-bond acceptors (Lipinski definition) is 9. The number of amides is 1. The molecule has 37 heavy (non-hydrogen) atoms. The van der Waals surface area contributed by atoms with Crippen molar-refractivity contribution in [3.63, 3.8) is 0 Å². The van der Waals surface area contributed by atoms with Gasteiger partial charge in [0.05, 0.1) is 45.8 Å². The van der Waals surface area contributed by atoms with Crippen LogP contribution in [0, 0.1) is 0 Å². The van der Waals surface area contributed by atoms with Crippen molar-refractivity contribution in [1.29, 1.82) is 0 Å². The highest BCUT2D eigenvalue weighted by Crippen LogP contribution is 2.43. The molecule has 1 aliphatic carbocycles. The van der Waals surface area contributed by atoms with Gasteiger partial charge in [-0.1, -0.05) is 19.8 Å². The number of thiophene rings is 1. The van der Waals surface area contributed by atoms with Crippen molar-refractivity contribution in [1.82, 2.24) is 24.8 Å². The largest absolute Gasteiger partial charge is 0.383 e. The van der Waals surface area contributed by atoms with Crippen LogP contribution in [-0.2, 0) is 4.74 Å². The van der Waals surface area contributed by atoms with Crippen LogP contribution in [0.1, 0.15) is 53.8 Å². The molecule has 0 bridgehead atoms. The fraction of sp³-hybridized carbons (Fsp3) is 0.556. The number of carbonyl (C=O) groups excluding carboxylic acids is 1. The minimum absolute atomic E-state index is 0.0455. The Kier molecular flexibility index (Phi) is 7.87. The number of nitrogens with one attached hydrogen (secondary N) is 1. The highest BCUT2D eigenvalue weighted by atomic mass is 32.1. The lowest BCUT2D eigenvalue weighted by Gasteiger charge is -2.41. The van der Waals surface area contributed by atoms with E-state index in [1.165, 1.54) is 24.2 Å². The van der Waals surface area contributed by atoms with Crippen LogP contribution in [0.5, 0.6) is 0 Å². The SMILES string of the molecule is CCN1CCN(c2ccc(Nc3ncc4sc(C(=O)N(C)C)c(C5CCCC5)c4n3)nc2)C[C@@H]1COC. The predicted molar refractivity (Wildman–Crippen MR) is 149 cm³/mol. The van der Waals surface area contributed by atoms with E-state index in [4.69, 9.17) is 9.72 Å². The van der Waals surface area contributed by atoms with Crippen molar-refractivity contribution in [2.45, 2.75) is 44.6 Å². The summed E-state index contributed by atoms with van der Waals surface area (Å²) in [5.41, 5.74) is 3.10. The van der Waals surface area contributed by atoms with Crippen LogP contribution < -0.4 is 10.2 Å². The molecule has 1 N–H and O–H groups in total. The van der Waals surface area contributed by atoms with Crippen molar-refractivity contribution in [2.24, 2.45) is 0 Å². The molecule has 1 amide bonds. The third-order valence-electron chi connectivity index (χ3n) is 7.55. The summed E-state index contributed by atoms with van der Waals surface area (Å²) in [5.74, 6) is 1.63. The van der Waals surface area contributed by atoms with Crippen molar-refractivity contribution < 1.29 is 9.53 Å². The van der Waals surface area contributed by atoms with Gasteiger partial charge in [-0.15, -0.1) is 11.3 Å². The number of likely N-dealkylation sites (N-methyl/N-ethyl adjacent to an activating group) is 1.